The standard InChI is InChI=1S/C17H25ClN2O.2ClH/c18-14-6-7-16(21)15(12-14)17(13-4-2-1-3-5-13)20-10-8-19-9-11-20;;/h6-7,12-13,17,19,21H,1-5,8-11H2;2*1H/t17-;;/m0../s1. The van der Waals surface area contributed by atoms with Crippen LogP contribution in [0.2, 0.25) is 5.02 Å². The lowest BCUT2D eigenvalue weighted by Gasteiger charge is -2.41. The molecule has 1 aliphatic heterocycles. The van der Waals surface area contributed by atoms with E-state index in [1.807, 2.05) is 6.07 Å². The van der Waals surface area contributed by atoms with Crippen LogP contribution in [0.25, 0.3) is 0 Å². The lowest BCUT2D eigenvalue weighted by atomic mass is 9.80. The molecule has 0 spiro atoms. The molecule has 1 aliphatic carbocycles. The highest BCUT2D eigenvalue weighted by Crippen LogP contribution is 2.42. The number of phenols is 1. The van der Waals surface area contributed by atoms with Crippen molar-refractivity contribution < 1.29 is 5.11 Å². The van der Waals surface area contributed by atoms with Gasteiger partial charge in [-0.05, 0) is 37.0 Å². The van der Waals surface area contributed by atoms with Crippen LogP contribution in [0.15, 0.2) is 18.2 Å². The van der Waals surface area contributed by atoms with E-state index in [-0.39, 0.29) is 24.8 Å². The molecule has 2 N–H and O–H groups in total. The van der Waals surface area contributed by atoms with Crippen LogP contribution in [-0.2, 0) is 0 Å². The fourth-order valence-electron chi connectivity index (χ4n) is 3.92. The van der Waals surface area contributed by atoms with Crippen LogP contribution in [0.4, 0.5) is 0 Å². The largest absolute Gasteiger partial charge is 0.508 e. The Hall–Kier alpha value is -0.190. The molecule has 0 unspecified atom stereocenters. The Morgan fingerprint density at radius 2 is 1.74 bits per heavy atom. The summed E-state index contributed by atoms with van der Waals surface area (Å²) >= 11 is 6.20. The van der Waals surface area contributed by atoms with Gasteiger partial charge in [0, 0.05) is 42.8 Å². The van der Waals surface area contributed by atoms with Crippen molar-refractivity contribution in [3.8, 4) is 5.75 Å². The predicted molar refractivity (Wildman–Crippen MR) is 101 cm³/mol. The number of hydrogen-bond donors (Lipinski definition) is 2. The molecule has 3 rings (SSSR count). The number of nitrogens with one attached hydrogen (secondary N) is 1. The van der Waals surface area contributed by atoms with Gasteiger partial charge in [-0.1, -0.05) is 30.9 Å². The van der Waals surface area contributed by atoms with Crippen LogP contribution in [0, 0.1) is 5.92 Å². The molecular weight excluding hydrogens is 355 g/mol. The van der Waals surface area contributed by atoms with Gasteiger partial charge in [-0.2, -0.15) is 0 Å². The first kappa shape index (κ1) is 20.9. The Balaban J connectivity index is 0.00000132. The first-order valence-corrected chi connectivity index (χ1v) is 8.56. The summed E-state index contributed by atoms with van der Waals surface area (Å²) in [6.45, 7) is 4.16. The zero-order chi connectivity index (χ0) is 14.7. The van der Waals surface area contributed by atoms with Gasteiger partial charge in [0.25, 0.3) is 0 Å². The van der Waals surface area contributed by atoms with Gasteiger partial charge in [-0.3, -0.25) is 4.90 Å². The van der Waals surface area contributed by atoms with Crippen molar-refractivity contribution in [2.75, 3.05) is 26.2 Å². The van der Waals surface area contributed by atoms with Gasteiger partial charge >= 0.3 is 0 Å². The van der Waals surface area contributed by atoms with Crippen molar-refractivity contribution in [3.05, 3.63) is 28.8 Å². The van der Waals surface area contributed by atoms with E-state index in [2.05, 4.69) is 10.2 Å². The Kier molecular flexibility index (Phi) is 9.02. The maximum atomic E-state index is 10.4. The highest BCUT2D eigenvalue weighted by molar-refractivity contribution is 6.30. The summed E-state index contributed by atoms with van der Waals surface area (Å²) in [5.74, 6) is 1.04. The first-order valence-electron chi connectivity index (χ1n) is 8.19. The summed E-state index contributed by atoms with van der Waals surface area (Å²) in [5, 5.41) is 14.5. The average Bonchev–Trinajstić information content (AvgIpc) is 2.53. The van der Waals surface area contributed by atoms with E-state index in [4.69, 9.17) is 11.6 Å². The number of hydrogen-bond acceptors (Lipinski definition) is 3. The number of nitrogens with zero attached hydrogens (tertiary/aromatic N) is 1. The van der Waals surface area contributed by atoms with E-state index in [0.717, 1.165) is 36.8 Å². The second-order valence-electron chi connectivity index (χ2n) is 6.33. The summed E-state index contributed by atoms with van der Waals surface area (Å²) < 4.78 is 0. The number of phenolic OH excluding ortho intramolecular Hbond substituents is 1. The van der Waals surface area contributed by atoms with Crippen LogP contribution in [0.5, 0.6) is 5.75 Å². The van der Waals surface area contributed by atoms with Gasteiger partial charge in [0.2, 0.25) is 0 Å². The van der Waals surface area contributed by atoms with Gasteiger partial charge in [0.1, 0.15) is 5.75 Å². The monoisotopic (exact) mass is 380 g/mol. The van der Waals surface area contributed by atoms with Crippen molar-refractivity contribution in [1.82, 2.24) is 10.2 Å². The molecule has 1 heterocycles. The quantitative estimate of drug-likeness (QED) is 0.813. The van der Waals surface area contributed by atoms with Crippen molar-refractivity contribution in [2.45, 2.75) is 38.1 Å². The molecule has 1 saturated carbocycles. The molecule has 132 valence electrons. The minimum atomic E-state index is 0. The third-order valence-electron chi connectivity index (χ3n) is 4.95. The van der Waals surface area contributed by atoms with E-state index in [1.54, 1.807) is 12.1 Å². The zero-order valence-electron chi connectivity index (χ0n) is 13.3. The van der Waals surface area contributed by atoms with Crippen LogP contribution in [-0.4, -0.2) is 36.2 Å². The summed E-state index contributed by atoms with van der Waals surface area (Å²) in [6.07, 6.45) is 6.51. The normalized spacial score (nSPS) is 21.1. The summed E-state index contributed by atoms with van der Waals surface area (Å²) in [6, 6.07) is 5.80. The lowest BCUT2D eigenvalue weighted by Crippen LogP contribution is -2.47. The molecule has 1 atom stereocenters. The summed E-state index contributed by atoms with van der Waals surface area (Å²) in [5.41, 5.74) is 1.02. The van der Waals surface area contributed by atoms with Gasteiger partial charge in [0.15, 0.2) is 0 Å². The lowest BCUT2D eigenvalue weighted by molar-refractivity contribution is 0.101. The van der Waals surface area contributed by atoms with Crippen molar-refractivity contribution in [1.29, 1.82) is 0 Å². The topological polar surface area (TPSA) is 35.5 Å². The Morgan fingerprint density at radius 3 is 2.39 bits per heavy atom. The minimum absolute atomic E-state index is 0. The third kappa shape index (κ3) is 5.14. The molecule has 2 fully saturated rings. The zero-order valence-corrected chi connectivity index (χ0v) is 15.7. The van der Waals surface area contributed by atoms with E-state index < -0.39 is 0 Å². The third-order valence-corrected chi connectivity index (χ3v) is 5.18. The first-order chi connectivity index (χ1) is 10.3. The Bertz CT molecular complexity index is 457. The Labute approximate surface area is 156 Å². The maximum Gasteiger partial charge on any atom is 0.120 e. The highest BCUT2D eigenvalue weighted by atomic mass is 35.5. The van der Waals surface area contributed by atoms with E-state index in [1.165, 1.54) is 32.1 Å². The number of halogens is 3. The molecule has 6 heteroatoms. The second kappa shape index (κ2) is 9.95. The molecule has 1 aromatic carbocycles. The van der Waals surface area contributed by atoms with Gasteiger partial charge in [0.05, 0.1) is 0 Å². The van der Waals surface area contributed by atoms with E-state index >= 15 is 0 Å². The molecule has 0 radical (unpaired) electrons. The number of aromatic hydroxyl groups is 1. The van der Waals surface area contributed by atoms with Crippen LogP contribution in [0.1, 0.15) is 43.7 Å². The fraction of sp³-hybridized carbons (Fsp3) is 0.647. The van der Waals surface area contributed by atoms with E-state index in [0.29, 0.717) is 17.7 Å². The van der Waals surface area contributed by atoms with Crippen LogP contribution < -0.4 is 5.32 Å². The van der Waals surface area contributed by atoms with Crippen molar-refractivity contribution in [2.24, 2.45) is 5.92 Å². The maximum absolute atomic E-state index is 10.4. The Morgan fingerprint density at radius 1 is 1.09 bits per heavy atom. The number of benzene rings is 1. The fourth-order valence-corrected chi connectivity index (χ4v) is 4.10. The molecule has 0 amide bonds. The molecule has 3 nitrogen and oxygen atoms in total. The smallest absolute Gasteiger partial charge is 0.120 e. The van der Waals surface area contributed by atoms with Crippen LogP contribution >= 0.6 is 36.4 Å². The van der Waals surface area contributed by atoms with Crippen molar-refractivity contribution >= 4 is 36.4 Å². The molecular formula is C17H27Cl3N2O. The van der Waals surface area contributed by atoms with Gasteiger partial charge < -0.3 is 10.4 Å². The molecule has 0 bridgehead atoms. The molecule has 2 aliphatic rings. The molecule has 1 saturated heterocycles. The van der Waals surface area contributed by atoms with E-state index in [9.17, 15) is 5.11 Å². The van der Waals surface area contributed by atoms with Gasteiger partial charge in [-0.15, -0.1) is 24.8 Å². The average molecular weight is 382 g/mol. The minimum Gasteiger partial charge on any atom is -0.508 e. The summed E-state index contributed by atoms with van der Waals surface area (Å²) in [7, 11) is 0. The number of rotatable bonds is 3. The molecule has 23 heavy (non-hydrogen) atoms. The predicted octanol–water partition coefficient (Wildman–Crippen LogP) is 4.42. The molecule has 0 aromatic heterocycles. The highest BCUT2D eigenvalue weighted by Gasteiger charge is 2.32. The number of piperazine rings is 1. The molecule has 1 aromatic rings. The van der Waals surface area contributed by atoms with Crippen molar-refractivity contribution in [3.63, 3.8) is 0 Å². The second-order valence-corrected chi connectivity index (χ2v) is 6.77. The van der Waals surface area contributed by atoms with Gasteiger partial charge in [-0.25, -0.2) is 0 Å². The van der Waals surface area contributed by atoms with Crippen LogP contribution in [0.3, 0.4) is 0 Å². The SMILES string of the molecule is Cl.Cl.Oc1ccc(Cl)cc1[C@H](C1CCCCC1)N1CCNCC1. The summed E-state index contributed by atoms with van der Waals surface area (Å²) in [4.78, 5) is 2.54.